The molecule has 3 saturated heterocycles. The molecule has 0 spiro atoms. The van der Waals surface area contributed by atoms with Crippen molar-refractivity contribution < 1.29 is 26.8 Å². The van der Waals surface area contributed by atoms with Gasteiger partial charge in [0.25, 0.3) is 0 Å². The lowest BCUT2D eigenvalue weighted by molar-refractivity contribution is -0.119. The molecule has 3 heterocycles. The number of piperidine rings is 1. The molecule has 3 aliphatic rings. The minimum absolute atomic E-state index is 0.112. The second kappa shape index (κ2) is 5.15. The van der Waals surface area contributed by atoms with E-state index < -0.39 is 28.5 Å². The summed E-state index contributed by atoms with van der Waals surface area (Å²) in [5.74, 6) is -0.441. The number of amides is 3. The average molecular weight is 333 g/mol. The van der Waals surface area contributed by atoms with E-state index in [1.165, 1.54) is 4.90 Å². The smallest absolute Gasteiger partial charge is 0.312 e. The first kappa shape index (κ1) is 15.1. The Hall–Kier alpha value is -1.76. The number of hydrogen-bond donors (Lipinski definition) is 4. The van der Waals surface area contributed by atoms with E-state index in [1.807, 2.05) is 0 Å². The van der Waals surface area contributed by atoms with Gasteiger partial charge in [-0.3, -0.25) is 14.8 Å². The fraction of sp³-hybridized carbons (Fsp3) is 0.700. The van der Waals surface area contributed by atoms with Crippen molar-refractivity contribution in [2.24, 2.45) is 0 Å². The molecule has 2 unspecified atom stereocenters. The molecule has 0 aliphatic carbocycles. The molecular formula is C10H15N5O6S. The van der Waals surface area contributed by atoms with Crippen LogP contribution in [0.5, 0.6) is 0 Å². The third-order valence-electron chi connectivity index (χ3n) is 3.81. The molecule has 3 fully saturated rings. The zero-order chi connectivity index (χ0) is 16.1. The topological polar surface area (TPSA) is 162 Å². The van der Waals surface area contributed by atoms with Gasteiger partial charge in [0, 0.05) is 13.1 Å². The van der Waals surface area contributed by atoms with Gasteiger partial charge < -0.3 is 15.5 Å². The van der Waals surface area contributed by atoms with Crippen LogP contribution in [0.3, 0.4) is 0 Å². The van der Waals surface area contributed by atoms with E-state index in [1.54, 1.807) is 0 Å². The number of nitrogens with zero attached hydrogens (tertiary/aromatic N) is 2. The first-order chi connectivity index (χ1) is 10.3. The predicted octanol–water partition coefficient (Wildman–Crippen LogP) is -1.95. The Morgan fingerprint density at radius 2 is 2.14 bits per heavy atom. The van der Waals surface area contributed by atoms with Crippen LogP contribution in [0.4, 0.5) is 4.79 Å². The van der Waals surface area contributed by atoms with E-state index in [0.717, 1.165) is 0 Å². The third kappa shape index (κ3) is 2.90. The van der Waals surface area contributed by atoms with E-state index in [2.05, 4.69) is 14.9 Å². The number of nitrogens with one attached hydrogen (secondary N) is 3. The van der Waals surface area contributed by atoms with E-state index >= 15 is 0 Å². The normalized spacial score (nSPS) is 30.4. The number of hydroxylamine groups is 2. The van der Waals surface area contributed by atoms with E-state index in [4.69, 9.17) is 9.96 Å². The van der Waals surface area contributed by atoms with Crippen molar-refractivity contribution >= 4 is 28.2 Å². The number of carbonyl (C=O) groups excluding carboxylic acids is 2. The molecule has 3 aliphatic heterocycles. The molecule has 0 aromatic rings. The number of carbonyl (C=O) groups is 2. The summed E-state index contributed by atoms with van der Waals surface area (Å²) in [7, 11) is -4.79. The number of amidine groups is 1. The van der Waals surface area contributed by atoms with Gasteiger partial charge >= 0.3 is 16.4 Å². The zero-order valence-corrected chi connectivity index (χ0v) is 12.2. The standard InChI is InChI=1S/C10H15N5O6S/c11-8(13-9(16)6-3-12-6)7-2-1-5-4-14(7)10(17)15(5)21-22(18,19)20/h5-7,12H,1-4H2,(H2,11,13,16)(H,18,19,20)/t5?,6?,7-/m0/s1. The minimum atomic E-state index is -4.79. The highest BCUT2D eigenvalue weighted by Gasteiger charge is 2.48. The fourth-order valence-electron chi connectivity index (χ4n) is 2.68. The van der Waals surface area contributed by atoms with Crippen LogP contribution in [-0.4, -0.2) is 71.9 Å². The Kier molecular flexibility index (Phi) is 3.55. The third-order valence-corrected chi connectivity index (χ3v) is 4.16. The average Bonchev–Trinajstić information content (AvgIpc) is 3.24. The molecule has 3 atom stereocenters. The Bertz CT molecular complexity index is 632. The highest BCUT2D eigenvalue weighted by Crippen LogP contribution is 2.30. The van der Waals surface area contributed by atoms with Crippen LogP contribution >= 0.6 is 0 Å². The van der Waals surface area contributed by atoms with Crippen molar-refractivity contribution in [1.29, 1.82) is 5.41 Å². The second-order valence-electron chi connectivity index (χ2n) is 5.37. The van der Waals surface area contributed by atoms with Crippen molar-refractivity contribution in [1.82, 2.24) is 20.6 Å². The number of hydrogen-bond acceptors (Lipinski definition) is 7. The van der Waals surface area contributed by atoms with Crippen LogP contribution in [0.1, 0.15) is 12.8 Å². The van der Waals surface area contributed by atoms with Gasteiger partial charge in [0.05, 0.1) is 18.1 Å². The monoisotopic (exact) mass is 333 g/mol. The van der Waals surface area contributed by atoms with Gasteiger partial charge in [-0.25, -0.2) is 4.79 Å². The second-order valence-corrected chi connectivity index (χ2v) is 6.38. The van der Waals surface area contributed by atoms with Gasteiger partial charge in [0.15, 0.2) is 0 Å². The molecule has 2 bridgehead atoms. The zero-order valence-electron chi connectivity index (χ0n) is 11.4. The number of rotatable bonds is 4. The molecule has 11 nitrogen and oxygen atoms in total. The van der Waals surface area contributed by atoms with E-state index in [9.17, 15) is 18.0 Å². The number of urea groups is 1. The van der Waals surface area contributed by atoms with Crippen LogP contribution in [0, 0.1) is 5.41 Å². The molecule has 3 amide bonds. The molecule has 0 radical (unpaired) electrons. The quantitative estimate of drug-likeness (QED) is 0.201. The van der Waals surface area contributed by atoms with Crippen LogP contribution < -0.4 is 10.6 Å². The maximum Gasteiger partial charge on any atom is 0.418 e. The highest BCUT2D eigenvalue weighted by atomic mass is 32.3. The summed E-state index contributed by atoms with van der Waals surface area (Å²) in [6, 6.07) is -2.22. The Morgan fingerprint density at radius 1 is 1.45 bits per heavy atom. The Labute approximate surface area is 126 Å². The molecule has 0 aromatic carbocycles. The van der Waals surface area contributed by atoms with Crippen LogP contribution in [0.25, 0.3) is 0 Å². The van der Waals surface area contributed by atoms with Crippen molar-refractivity contribution in [2.45, 2.75) is 31.0 Å². The van der Waals surface area contributed by atoms with Gasteiger partial charge in [-0.15, -0.1) is 4.28 Å². The summed E-state index contributed by atoms with van der Waals surface area (Å²) in [5, 5.41) is 13.8. The summed E-state index contributed by atoms with van der Waals surface area (Å²) in [5.41, 5.74) is 0. The molecule has 122 valence electrons. The molecule has 0 saturated carbocycles. The van der Waals surface area contributed by atoms with Crippen molar-refractivity contribution in [3.63, 3.8) is 0 Å². The minimum Gasteiger partial charge on any atom is -0.312 e. The lowest BCUT2D eigenvalue weighted by atomic mass is 10.00. The Morgan fingerprint density at radius 3 is 2.73 bits per heavy atom. The van der Waals surface area contributed by atoms with Gasteiger partial charge in [-0.1, -0.05) is 0 Å². The molecule has 12 heteroatoms. The summed E-state index contributed by atoms with van der Waals surface area (Å²) in [6.45, 7) is 0.726. The maximum absolute atomic E-state index is 12.1. The SMILES string of the molecule is N=C(NC(=O)C1CN1)[C@@H]1CCC2CN1C(=O)N2OS(=O)(=O)O. The molecular weight excluding hydrogens is 318 g/mol. The molecule has 4 N–H and O–H groups in total. The lowest BCUT2D eigenvalue weighted by Crippen LogP contribution is -2.51. The van der Waals surface area contributed by atoms with Gasteiger partial charge in [0.1, 0.15) is 5.84 Å². The van der Waals surface area contributed by atoms with E-state index in [-0.39, 0.29) is 24.3 Å². The predicted molar refractivity (Wildman–Crippen MR) is 71.0 cm³/mol. The van der Waals surface area contributed by atoms with Gasteiger partial charge in [-0.2, -0.15) is 13.5 Å². The first-order valence-corrected chi connectivity index (χ1v) is 8.02. The van der Waals surface area contributed by atoms with E-state index in [0.29, 0.717) is 24.4 Å². The molecule has 22 heavy (non-hydrogen) atoms. The van der Waals surface area contributed by atoms with Crippen molar-refractivity contribution in [3.05, 3.63) is 0 Å². The largest absolute Gasteiger partial charge is 0.418 e. The summed E-state index contributed by atoms with van der Waals surface area (Å²) in [4.78, 5) is 25.0. The highest BCUT2D eigenvalue weighted by molar-refractivity contribution is 7.80. The van der Waals surface area contributed by atoms with Crippen LogP contribution in [-0.2, 0) is 19.5 Å². The fourth-order valence-corrected chi connectivity index (χ4v) is 3.07. The maximum atomic E-state index is 12.1. The number of fused-ring (bicyclic) bond motifs is 2. The summed E-state index contributed by atoms with van der Waals surface area (Å²) < 4.78 is 34.6. The van der Waals surface area contributed by atoms with Crippen LogP contribution in [0.15, 0.2) is 0 Å². The molecule has 0 aromatic heterocycles. The molecule has 3 rings (SSSR count). The lowest BCUT2D eigenvalue weighted by Gasteiger charge is -2.30. The van der Waals surface area contributed by atoms with Gasteiger partial charge in [-0.05, 0) is 12.8 Å². The van der Waals surface area contributed by atoms with Crippen molar-refractivity contribution in [2.75, 3.05) is 13.1 Å². The van der Waals surface area contributed by atoms with Crippen LogP contribution in [0.2, 0.25) is 0 Å². The summed E-state index contributed by atoms with van der Waals surface area (Å²) in [6.07, 6.45) is 0.779. The van der Waals surface area contributed by atoms with Gasteiger partial charge in [0.2, 0.25) is 5.91 Å². The van der Waals surface area contributed by atoms with Crippen molar-refractivity contribution in [3.8, 4) is 0 Å². The summed E-state index contributed by atoms with van der Waals surface area (Å²) >= 11 is 0. The Balaban J connectivity index is 1.68. The first-order valence-electron chi connectivity index (χ1n) is 6.66.